The quantitative estimate of drug-likeness (QED) is 0.877. The van der Waals surface area contributed by atoms with Gasteiger partial charge < -0.3 is 20.1 Å². The first-order valence-electron chi connectivity index (χ1n) is 8.30. The fraction of sp³-hybridized carbons (Fsp3) is 0.611. The minimum absolute atomic E-state index is 0.0362. The van der Waals surface area contributed by atoms with Crippen LogP contribution in [0.15, 0.2) is 18.2 Å². The van der Waals surface area contributed by atoms with Crippen molar-refractivity contribution in [1.82, 2.24) is 10.2 Å². The Morgan fingerprint density at radius 2 is 2.04 bits per heavy atom. The number of benzene rings is 1. The van der Waals surface area contributed by atoms with Gasteiger partial charge in [-0.3, -0.25) is 0 Å². The molecule has 0 atom stereocenters. The molecule has 0 radical (unpaired) electrons. The average molecular weight is 320 g/mol. The summed E-state index contributed by atoms with van der Waals surface area (Å²) in [6.45, 7) is 2.77. The standard InChI is InChI=1S/C18H28N2O3/c1-13-10-15(6-9-17(13)23-3)11-19-18(22)20(2)16-7-4-14(12-21)5-8-16/h6,9-10,14,16,21H,4-5,7-8,11-12H2,1-3H3,(H,19,22). The summed E-state index contributed by atoms with van der Waals surface area (Å²) in [4.78, 5) is 14.1. The van der Waals surface area contributed by atoms with E-state index in [1.807, 2.05) is 37.1 Å². The van der Waals surface area contributed by atoms with Crippen LogP contribution >= 0.6 is 0 Å². The maximum absolute atomic E-state index is 12.3. The summed E-state index contributed by atoms with van der Waals surface area (Å²) < 4.78 is 5.25. The van der Waals surface area contributed by atoms with Gasteiger partial charge in [0.25, 0.3) is 0 Å². The molecule has 0 spiro atoms. The van der Waals surface area contributed by atoms with Gasteiger partial charge in [-0.05, 0) is 55.7 Å². The number of carbonyl (C=O) groups excluding carboxylic acids is 1. The number of rotatable bonds is 5. The number of aryl methyl sites for hydroxylation is 1. The molecule has 1 aromatic carbocycles. The highest BCUT2D eigenvalue weighted by atomic mass is 16.5. The van der Waals surface area contributed by atoms with Gasteiger partial charge >= 0.3 is 6.03 Å². The van der Waals surface area contributed by atoms with Crippen molar-refractivity contribution in [1.29, 1.82) is 0 Å². The first-order chi connectivity index (χ1) is 11.0. The van der Waals surface area contributed by atoms with Gasteiger partial charge in [0.1, 0.15) is 5.75 Å². The number of nitrogens with zero attached hydrogens (tertiary/aromatic N) is 1. The molecule has 2 amide bonds. The van der Waals surface area contributed by atoms with Gasteiger partial charge in [-0.25, -0.2) is 4.79 Å². The number of aliphatic hydroxyl groups is 1. The third kappa shape index (κ3) is 4.61. The van der Waals surface area contributed by atoms with Crippen molar-refractivity contribution in [2.45, 2.75) is 45.2 Å². The molecule has 1 fully saturated rings. The van der Waals surface area contributed by atoms with E-state index in [1.54, 1.807) is 7.11 Å². The summed E-state index contributed by atoms with van der Waals surface area (Å²) >= 11 is 0. The molecule has 2 N–H and O–H groups in total. The van der Waals surface area contributed by atoms with Crippen LogP contribution in [0.4, 0.5) is 4.79 Å². The number of aliphatic hydroxyl groups excluding tert-OH is 1. The molecule has 23 heavy (non-hydrogen) atoms. The SMILES string of the molecule is COc1ccc(CNC(=O)N(C)C2CCC(CO)CC2)cc1C. The second-order valence-electron chi connectivity index (χ2n) is 6.43. The molecule has 0 aromatic heterocycles. The molecule has 1 aromatic rings. The number of hydrogen-bond acceptors (Lipinski definition) is 3. The molecular weight excluding hydrogens is 292 g/mol. The molecule has 1 saturated carbocycles. The molecule has 0 heterocycles. The Kier molecular flexibility index (Phi) is 6.28. The predicted molar refractivity (Wildman–Crippen MR) is 90.6 cm³/mol. The van der Waals surface area contributed by atoms with E-state index in [-0.39, 0.29) is 18.7 Å². The monoisotopic (exact) mass is 320 g/mol. The van der Waals surface area contributed by atoms with Crippen molar-refractivity contribution in [3.8, 4) is 5.75 Å². The van der Waals surface area contributed by atoms with Crippen LogP contribution in [0.25, 0.3) is 0 Å². The van der Waals surface area contributed by atoms with Gasteiger partial charge in [0.05, 0.1) is 7.11 Å². The van der Waals surface area contributed by atoms with E-state index < -0.39 is 0 Å². The van der Waals surface area contributed by atoms with Crippen molar-refractivity contribution in [2.24, 2.45) is 5.92 Å². The number of urea groups is 1. The normalized spacial score (nSPS) is 20.9. The molecule has 1 aliphatic carbocycles. The molecule has 128 valence electrons. The van der Waals surface area contributed by atoms with E-state index in [0.717, 1.165) is 42.6 Å². The average Bonchev–Trinajstić information content (AvgIpc) is 2.59. The number of ether oxygens (including phenoxy) is 1. The Morgan fingerprint density at radius 1 is 1.35 bits per heavy atom. The highest BCUT2D eigenvalue weighted by Crippen LogP contribution is 2.26. The fourth-order valence-electron chi connectivity index (χ4n) is 3.23. The second-order valence-corrected chi connectivity index (χ2v) is 6.43. The van der Waals surface area contributed by atoms with Crippen molar-refractivity contribution in [2.75, 3.05) is 20.8 Å². The minimum atomic E-state index is -0.0362. The van der Waals surface area contributed by atoms with E-state index in [4.69, 9.17) is 4.74 Å². The molecule has 5 nitrogen and oxygen atoms in total. The molecule has 0 saturated heterocycles. The zero-order valence-corrected chi connectivity index (χ0v) is 14.3. The number of nitrogens with one attached hydrogen (secondary N) is 1. The molecule has 0 aliphatic heterocycles. The zero-order chi connectivity index (χ0) is 16.8. The third-order valence-electron chi connectivity index (χ3n) is 4.85. The molecular formula is C18H28N2O3. The van der Waals surface area contributed by atoms with Gasteiger partial charge in [0.2, 0.25) is 0 Å². The topological polar surface area (TPSA) is 61.8 Å². The molecule has 0 unspecified atom stereocenters. The number of hydrogen-bond donors (Lipinski definition) is 2. The van der Waals surface area contributed by atoms with E-state index in [1.165, 1.54) is 0 Å². The van der Waals surface area contributed by atoms with E-state index >= 15 is 0 Å². The summed E-state index contributed by atoms with van der Waals surface area (Å²) in [6.07, 6.45) is 3.93. The molecule has 0 bridgehead atoms. The van der Waals surface area contributed by atoms with Crippen LogP contribution in [0, 0.1) is 12.8 Å². The highest BCUT2D eigenvalue weighted by molar-refractivity contribution is 5.74. The summed E-state index contributed by atoms with van der Waals surface area (Å²) in [6, 6.07) is 6.17. The second kappa shape index (κ2) is 8.20. The van der Waals surface area contributed by atoms with Crippen LogP contribution in [0.5, 0.6) is 5.75 Å². The maximum atomic E-state index is 12.3. The lowest BCUT2D eigenvalue weighted by atomic mass is 9.86. The van der Waals surface area contributed by atoms with Crippen LogP contribution in [0.2, 0.25) is 0 Å². The lowest BCUT2D eigenvalue weighted by Crippen LogP contribution is -2.45. The first kappa shape index (κ1) is 17.6. The van der Waals surface area contributed by atoms with Crippen molar-refractivity contribution >= 4 is 6.03 Å². The Balaban J connectivity index is 1.83. The van der Waals surface area contributed by atoms with Crippen LogP contribution < -0.4 is 10.1 Å². The summed E-state index contributed by atoms with van der Waals surface area (Å²) in [7, 11) is 3.52. The van der Waals surface area contributed by atoms with Crippen LogP contribution in [0.3, 0.4) is 0 Å². The van der Waals surface area contributed by atoms with E-state index in [2.05, 4.69) is 5.32 Å². The van der Waals surface area contributed by atoms with Crippen molar-refractivity contribution in [3.05, 3.63) is 29.3 Å². The molecule has 5 heteroatoms. The number of methoxy groups -OCH3 is 1. The van der Waals surface area contributed by atoms with Gasteiger partial charge in [0.15, 0.2) is 0 Å². The third-order valence-corrected chi connectivity index (χ3v) is 4.85. The van der Waals surface area contributed by atoms with Gasteiger partial charge in [0, 0.05) is 26.2 Å². The summed E-state index contributed by atoms with van der Waals surface area (Å²) in [5, 5.41) is 12.2. The lowest BCUT2D eigenvalue weighted by molar-refractivity contribution is 0.134. The summed E-state index contributed by atoms with van der Waals surface area (Å²) in [5.41, 5.74) is 2.13. The minimum Gasteiger partial charge on any atom is -0.496 e. The van der Waals surface area contributed by atoms with Crippen molar-refractivity contribution in [3.63, 3.8) is 0 Å². The largest absolute Gasteiger partial charge is 0.496 e. The van der Waals surface area contributed by atoms with Crippen LogP contribution in [-0.4, -0.2) is 42.8 Å². The molecule has 1 aliphatic rings. The van der Waals surface area contributed by atoms with E-state index in [0.29, 0.717) is 12.5 Å². The Labute approximate surface area is 138 Å². The van der Waals surface area contributed by atoms with Crippen molar-refractivity contribution < 1.29 is 14.6 Å². The van der Waals surface area contributed by atoms with Crippen LogP contribution in [0.1, 0.15) is 36.8 Å². The predicted octanol–water partition coefficient (Wildman–Crippen LogP) is 2.70. The van der Waals surface area contributed by atoms with Crippen LogP contribution in [-0.2, 0) is 6.54 Å². The Morgan fingerprint density at radius 3 is 2.61 bits per heavy atom. The summed E-state index contributed by atoms with van der Waals surface area (Å²) in [5.74, 6) is 1.27. The molecule has 2 rings (SSSR count). The van der Waals surface area contributed by atoms with Gasteiger partial charge in [-0.15, -0.1) is 0 Å². The smallest absolute Gasteiger partial charge is 0.317 e. The lowest BCUT2D eigenvalue weighted by Gasteiger charge is -2.34. The van der Waals surface area contributed by atoms with Gasteiger partial charge in [-0.1, -0.05) is 12.1 Å². The Bertz CT molecular complexity index is 525. The number of carbonyl (C=O) groups is 1. The maximum Gasteiger partial charge on any atom is 0.317 e. The highest BCUT2D eigenvalue weighted by Gasteiger charge is 2.26. The fourth-order valence-corrected chi connectivity index (χ4v) is 3.23. The number of amides is 2. The van der Waals surface area contributed by atoms with Gasteiger partial charge in [-0.2, -0.15) is 0 Å². The zero-order valence-electron chi connectivity index (χ0n) is 14.3. The Hall–Kier alpha value is -1.75. The van der Waals surface area contributed by atoms with E-state index in [9.17, 15) is 9.90 Å². The first-order valence-corrected chi connectivity index (χ1v) is 8.30.